The number of rotatable bonds is 5. The average molecular weight is 220 g/mol. The van der Waals surface area contributed by atoms with Crippen molar-refractivity contribution >= 4 is 11.9 Å². The van der Waals surface area contributed by atoms with Crippen molar-refractivity contribution in [2.75, 3.05) is 6.61 Å². The molecule has 0 fully saturated rings. The van der Waals surface area contributed by atoms with Crippen LogP contribution in [0.5, 0.6) is 0 Å². The van der Waals surface area contributed by atoms with Crippen molar-refractivity contribution in [2.24, 2.45) is 0 Å². The van der Waals surface area contributed by atoms with Crippen LogP contribution in [0.15, 0.2) is 36.9 Å². The van der Waals surface area contributed by atoms with E-state index in [2.05, 4.69) is 6.58 Å². The molecule has 0 spiro atoms. The quantitative estimate of drug-likeness (QED) is 0.605. The molecule has 0 saturated carbocycles. The fraction of sp³-hybridized carbons (Fsp3) is 0.167. The molecule has 4 nitrogen and oxygen atoms in total. The predicted molar refractivity (Wildman–Crippen MR) is 58.3 cm³/mol. The van der Waals surface area contributed by atoms with Crippen LogP contribution in [0.4, 0.5) is 0 Å². The maximum Gasteiger partial charge on any atom is 0.335 e. The highest BCUT2D eigenvalue weighted by molar-refractivity contribution is 5.87. The molecule has 0 unspecified atom stereocenters. The predicted octanol–water partition coefficient (Wildman–Crippen LogP) is 1.66. The Morgan fingerprint density at radius 1 is 1.44 bits per heavy atom. The molecule has 0 aliphatic rings. The third-order valence-corrected chi connectivity index (χ3v) is 1.98. The first-order chi connectivity index (χ1) is 7.63. The smallest absolute Gasteiger partial charge is 0.335 e. The van der Waals surface area contributed by atoms with E-state index in [9.17, 15) is 9.59 Å². The monoisotopic (exact) mass is 220 g/mol. The van der Waals surface area contributed by atoms with E-state index in [4.69, 9.17) is 9.84 Å². The Morgan fingerprint density at radius 2 is 2.19 bits per heavy atom. The number of hydrogen-bond donors (Lipinski definition) is 1. The van der Waals surface area contributed by atoms with E-state index < -0.39 is 11.9 Å². The molecule has 16 heavy (non-hydrogen) atoms. The number of carbonyl (C=O) groups excluding carboxylic acids is 1. The second kappa shape index (κ2) is 5.70. The Bertz CT molecular complexity index is 409. The number of hydrogen-bond acceptors (Lipinski definition) is 3. The number of benzene rings is 1. The molecule has 0 atom stereocenters. The van der Waals surface area contributed by atoms with Crippen LogP contribution in [0.25, 0.3) is 0 Å². The van der Waals surface area contributed by atoms with E-state index in [-0.39, 0.29) is 12.2 Å². The van der Waals surface area contributed by atoms with E-state index >= 15 is 0 Å². The van der Waals surface area contributed by atoms with Crippen LogP contribution in [0, 0.1) is 0 Å². The molecule has 0 saturated heterocycles. The van der Waals surface area contributed by atoms with E-state index in [1.165, 1.54) is 6.07 Å². The maximum absolute atomic E-state index is 10.7. The number of carboxylic acids is 1. The normalized spacial score (nSPS) is 9.50. The third-order valence-electron chi connectivity index (χ3n) is 1.98. The standard InChI is InChI=1S/C12H12O4/c1-2-11(13)16-7-6-9-4-3-5-10(8-9)12(14)15/h2-5,8H,1,6-7H2,(H,14,15). The highest BCUT2D eigenvalue weighted by Gasteiger charge is 2.03. The van der Waals surface area contributed by atoms with Gasteiger partial charge in [-0.05, 0) is 17.7 Å². The number of carbonyl (C=O) groups is 2. The first kappa shape index (κ1) is 12.0. The summed E-state index contributed by atoms with van der Waals surface area (Å²) in [4.78, 5) is 21.4. The van der Waals surface area contributed by atoms with Crippen molar-refractivity contribution in [3.05, 3.63) is 48.0 Å². The minimum Gasteiger partial charge on any atom is -0.478 e. The molecule has 0 aromatic heterocycles. The Labute approximate surface area is 93.2 Å². The summed E-state index contributed by atoms with van der Waals surface area (Å²) >= 11 is 0. The molecule has 0 radical (unpaired) electrons. The van der Waals surface area contributed by atoms with Crippen molar-refractivity contribution < 1.29 is 19.4 Å². The van der Waals surface area contributed by atoms with Crippen molar-refractivity contribution in [1.29, 1.82) is 0 Å². The van der Waals surface area contributed by atoms with Gasteiger partial charge in [0.25, 0.3) is 0 Å². The SMILES string of the molecule is C=CC(=O)OCCc1cccc(C(=O)O)c1. The summed E-state index contributed by atoms with van der Waals surface area (Å²) in [6, 6.07) is 6.52. The van der Waals surface area contributed by atoms with Gasteiger partial charge in [0.15, 0.2) is 0 Å². The van der Waals surface area contributed by atoms with Gasteiger partial charge in [0.1, 0.15) is 0 Å². The Balaban J connectivity index is 2.54. The van der Waals surface area contributed by atoms with Gasteiger partial charge >= 0.3 is 11.9 Å². The number of carboxylic acid groups (broad SMARTS) is 1. The summed E-state index contributed by atoms with van der Waals surface area (Å²) in [6.45, 7) is 3.49. The third kappa shape index (κ3) is 3.57. The Hall–Kier alpha value is -2.10. The molecule has 1 aromatic carbocycles. The number of esters is 1. The summed E-state index contributed by atoms with van der Waals surface area (Å²) in [7, 11) is 0. The highest BCUT2D eigenvalue weighted by atomic mass is 16.5. The van der Waals surface area contributed by atoms with Crippen LogP contribution in [-0.2, 0) is 16.0 Å². The van der Waals surface area contributed by atoms with Gasteiger partial charge in [-0.2, -0.15) is 0 Å². The van der Waals surface area contributed by atoms with E-state index in [0.717, 1.165) is 11.6 Å². The summed E-state index contributed by atoms with van der Waals surface area (Å²) in [5, 5.41) is 8.76. The second-order valence-corrected chi connectivity index (χ2v) is 3.13. The highest BCUT2D eigenvalue weighted by Crippen LogP contribution is 2.06. The first-order valence-corrected chi connectivity index (χ1v) is 4.75. The lowest BCUT2D eigenvalue weighted by molar-refractivity contribution is -0.137. The largest absolute Gasteiger partial charge is 0.478 e. The minimum atomic E-state index is -0.968. The zero-order chi connectivity index (χ0) is 12.0. The maximum atomic E-state index is 10.7. The van der Waals surface area contributed by atoms with Crippen molar-refractivity contribution in [3.8, 4) is 0 Å². The summed E-state index contributed by atoms with van der Waals surface area (Å²) < 4.78 is 4.79. The van der Waals surface area contributed by atoms with Crippen LogP contribution >= 0.6 is 0 Å². The molecule has 1 N–H and O–H groups in total. The van der Waals surface area contributed by atoms with Gasteiger partial charge in [0.2, 0.25) is 0 Å². The molecule has 1 aromatic rings. The van der Waals surface area contributed by atoms with Crippen molar-refractivity contribution in [1.82, 2.24) is 0 Å². The van der Waals surface area contributed by atoms with Gasteiger partial charge in [-0.3, -0.25) is 0 Å². The van der Waals surface area contributed by atoms with Crippen LogP contribution in [0.2, 0.25) is 0 Å². The van der Waals surface area contributed by atoms with Gasteiger partial charge in [0, 0.05) is 12.5 Å². The van der Waals surface area contributed by atoms with E-state index in [0.29, 0.717) is 6.42 Å². The van der Waals surface area contributed by atoms with Crippen LogP contribution in [-0.4, -0.2) is 23.7 Å². The molecule has 1 rings (SSSR count). The molecular weight excluding hydrogens is 208 g/mol. The van der Waals surface area contributed by atoms with Crippen LogP contribution in [0.3, 0.4) is 0 Å². The van der Waals surface area contributed by atoms with Crippen LogP contribution < -0.4 is 0 Å². The molecule has 0 bridgehead atoms. The van der Waals surface area contributed by atoms with Gasteiger partial charge in [-0.15, -0.1) is 0 Å². The second-order valence-electron chi connectivity index (χ2n) is 3.13. The topological polar surface area (TPSA) is 63.6 Å². The molecule has 84 valence electrons. The molecular formula is C12H12O4. The van der Waals surface area contributed by atoms with Crippen molar-refractivity contribution in [3.63, 3.8) is 0 Å². The summed E-state index contributed by atoms with van der Waals surface area (Å²) in [5.41, 5.74) is 1.05. The molecule has 0 amide bonds. The lowest BCUT2D eigenvalue weighted by Crippen LogP contribution is -2.05. The van der Waals surface area contributed by atoms with Crippen LogP contribution in [0.1, 0.15) is 15.9 Å². The first-order valence-electron chi connectivity index (χ1n) is 4.75. The summed E-state index contributed by atoms with van der Waals surface area (Å²) in [6.07, 6.45) is 1.58. The van der Waals surface area contributed by atoms with Crippen molar-refractivity contribution in [2.45, 2.75) is 6.42 Å². The molecule has 0 heterocycles. The zero-order valence-corrected chi connectivity index (χ0v) is 8.68. The Kier molecular flexibility index (Phi) is 4.27. The molecule has 4 heteroatoms. The fourth-order valence-corrected chi connectivity index (χ4v) is 1.19. The number of aromatic carboxylic acids is 1. The van der Waals surface area contributed by atoms with E-state index in [1.807, 2.05) is 0 Å². The van der Waals surface area contributed by atoms with Gasteiger partial charge in [-0.1, -0.05) is 18.7 Å². The Morgan fingerprint density at radius 3 is 2.81 bits per heavy atom. The average Bonchev–Trinajstić information content (AvgIpc) is 2.29. The summed E-state index contributed by atoms with van der Waals surface area (Å²) in [5.74, 6) is -1.45. The lowest BCUT2D eigenvalue weighted by Gasteiger charge is -2.03. The zero-order valence-electron chi connectivity index (χ0n) is 8.68. The fourth-order valence-electron chi connectivity index (χ4n) is 1.19. The van der Waals surface area contributed by atoms with Gasteiger partial charge in [-0.25, -0.2) is 9.59 Å². The van der Waals surface area contributed by atoms with E-state index in [1.54, 1.807) is 18.2 Å². The minimum absolute atomic E-state index is 0.216. The molecule has 0 aliphatic heterocycles. The molecule has 0 aliphatic carbocycles. The van der Waals surface area contributed by atoms with Gasteiger partial charge in [0.05, 0.1) is 12.2 Å². The van der Waals surface area contributed by atoms with Gasteiger partial charge < -0.3 is 9.84 Å². The lowest BCUT2D eigenvalue weighted by atomic mass is 10.1. The number of ether oxygens (including phenoxy) is 1.